The molecular formula is C16H19NO. The van der Waals surface area contributed by atoms with E-state index in [1.807, 2.05) is 74.5 Å². The van der Waals surface area contributed by atoms with Crippen LogP contribution in [0.3, 0.4) is 0 Å². The molecule has 0 radical (unpaired) electrons. The molecule has 2 aromatic rings. The first-order chi connectivity index (χ1) is 8.70. The van der Waals surface area contributed by atoms with Crippen LogP contribution in [0.15, 0.2) is 60.7 Å². The Morgan fingerprint density at radius 2 is 1.06 bits per heavy atom. The predicted octanol–water partition coefficient (Wildman–Crippen LogP) is 4.20. The Kier molecular flexibility index (Phi) is 4.13. The summed E-state index contributed by atoms with van der Waals surface area (Å²) in [5.74, 6) is 0. The molecule has 0 saturated heterocycles. The second-order valence-corrected chi connectivity index (χ2v) is 4.55. The molecule has 2 nitrogen and oxygen atoms in total. The Morgan fingerprint density at radius 1 is 0.722 bits per heavy atom. The van der Waals surface area contributed by atoms with E-state index >= 15 is 0 Å². The third kappa shape index (κ3) is 2.78. The topological polar surface area (TPSA) is 23.5 Å². The smallest absolute Gasteiger partial charge is 0.0578 e. The first kappa shape index (κ1) is 12.8. The summed E-state index contributed by atoms with van der Waals surface area (Å²) in [7, 11) is 0. The van der Waals surface area contributed by atoms with Gasteiger partial charge in [-0.3, -0.25) is 0 Å². The van der Waals surface area contributed by atoms with Crippen molar-refractivity contribution in [1.29, 1.82) is 0 Å². The summed E-state index contributed by atoms with van der Waals surface area (Å²) in [6.45, 7) is 4.02. The van der Waals surface area contributed by atoms with Gasteiger partial charge >= 0.3 is 0 Å². The quantitative estimate of drug-likeness (QED) is 0.811. The molecule has 1 N–H and O–H groups in total. The van der Waals surface area contributed by atoms with Crippen molar-refractivity contribution in [1.82, 2.24) is 5.06 Å². The molecule has 0 aromatic heterocycles. The van der Waals surface area contributed by atoms with E-state index in [2.05, 4.69) is 0 Å². The predicted molar refractivity (Wildman–Crippen MR) is 73.3 cm³/mol. The van der Waals surface area contributed by atoms with Crippen molar-refractivity contribution in [2.24, 2.45) is 0 Å². The minimum absolute atomic E-state index is 0.0265. The molecule has 18 heavy (non-hydrogen) atoms. The van der Waals surface area contributed by atoms with E-state index in [9.17, 15) is 5.21 Å². The van der Waals surface area contributed by atoms with Crippen molar-refractivity contribution in [2.75, 3.05) is 0 Å². The number of rotatable bonds is 4. The highest BCUT2D eigenvalue weighted by Crippen LogP contribution is 2.27. The summed E-state index contributed by atoms with van der Waals surface area (Å²) >= 11 is 0. The Hall–Kier alpha value is -1.64. The molecule has 0 bridgehead atoms. The average molecular weight is 241 g/mol. The Bertz CT molecular complexity index is 423. The van der Waals surface area contributed by atoms with Crippen LogP contribution in [-0.4, -0.2) is 10.3 Å². The van der Waals surface area contributed by atoms with E-state index in [0.29, 0.717) is 0 Å². The van der Waals surface area contributed by atoms with E-state index in [1.165, 1.54) is 5.06 Å². The van der Waals surface area contributed by atoms with Crippen molar-refractivity contribution < 1.29 is 5.21 Å². The number of hydroxylamine groups is 2. The molecule has 0 spiro atoms. The van der Waals surface area contributed by atoms with E-state index in [0.717, 1.165) is 11.1 Å². The summed E-state index contributed by atoms with van der Waals surface area (Å²) in [6, 6.07) is 20.0. The van der Waals surface area contributed by atoms with E-state index in [1.54, 1.807) is 0 Å². The van der Waals surface area contributed by atoms with Gasteiger partial charge in [-0.2, -0.15) is 5.06 Å². The standard InChI is InChI=1S/C16H19NO/c1-13(15-9-5-3-6-10-15)17(18)14(2)16-11-7-4-8-12-16/h3-14,18H,1-2H3/t13-,14?/m1/s1. The van der Waals surface area contributed by atoms with Crippen LogP contribution < -0.4 is 0 Å². The number of hydrogen-bond donors (Lipinski definition) is 1. The van der Waals surface area contributed by atoms with Crippen molar-refractivity contribution in [3.63, 3.8) is 0 Å². The zero-order chi connectivity index (χ0) is 13.0. The molecule has 0 aliphatic rings. The van der Waals surface area contributed by atoms with Crippen molar-refractivity contribution >= 4 is 0 Å². The summed E-state index contributed by atoms with van der Waals surface area (Å²) in [5, 5.41) is 11.7. The zero-order valence-electron chi connectivity index (χ0n) is 10.8. The van der Waals surface area contributed by atoms with E-state index in [-0.39, 0.29) is 12.1 Å². The third-order valence-electron chi connectivity index (χ3n) is 3.36. The van der Waals surface area contributed by atoms with Crippen molar-refractivity contribution in [3.8, 4) is 0 Å². The molecule has 1 unspecified atom stereocenters. The summed E-state index contributed by atoms with van der Waals surface area (Å²) in [4.78, 5) is 0. The lowest BCUT2D eigenvalue weighted by Crippen LogP contribution is -2.26. The summed E-state index contributed by atoms with van der Waals surface area (Å²) in [5.41, 5.74) is 2.23. The van der Waals surface area contributed by atoms with Crippen LogP contribution >= 0.6 is 0 Å². The van der Waals surface area contributed by atoms with Crippen LogP contribution in [0.5, 0.6) is 0 Å². The van der Waals surface area contributed by atoms with Gasteiger partial charge < -0.3 is 5.21 Å². The monoisotopic (exact) mass is 241 g/mol. The molecule has 0 heterocycles. The first-order valence-electron chi connectivity index (χ1n) is 6.27. The Labute approximate surface area is 108 Å². The normalized spacial score (nSPS) is 14.4. The van der Waals surface area contributed by atoms with Gasteiger partial charge in [0, 0.05) is 0 Å². The van der Waals surface area contributed by atoms with Gasteiger partial charge in [0.2, 0.25) is 0 Å². The van der Waals surface area contributed by atoms with E-state index < -0.39 is 0 Å². The first-order valence-corrected chi connectivity index (χ1v) is 6.27. The SMILES string of the molecule is CC(c1ccccc1)N(O)[C@H](C)c1ccccc1. The highest BCUT2D eigenvalue weighted by atomic mass is 16.5. The number of hydrogen-bond acceptors (Lipinski definition) is 2. The average Bonchev–Trinajstić information content (AvgIpc) is 2.47. The van der Waals surface area contributed by atoms with Crippen molar-refractivity contribution in [2.45, 2.75) is 25.9 Å². The van der Waals surface area contributed by atoms with Crippen LogP contribution in [0.25, 0.3) is 0 Å². The maximum atomic E-state index is 10.3. The maximum absolute atomic E-state index is 10.3. The molecular weight excluding hydrogens is 222 g/mol. The van der Waals surface area contributed by atoms with E-state index in [4.69, 9.17) is 0 Å². The second-order valence-electron chi connectivity index (χ2n) is 4.55. The van der Waals surface area contributed by atoms with Gasteiger partial charge in [-0.1, -0.05) is 60.7 Å². The molecule has 2 heteroatoms. The van der Waals surface area contributed by atoms with Gasteiger partial charge in [0.15, 0.2) is 0 Å². The lowest BCUT2D eigenvalue weighted by Gasteiger charge is -2.29. The van der Waals surface area contributed by atoms with Gasteiger partial charge in [0.25, 0.3) is 0 Å². The molecule has 2 aromatic carbocycles. The second kappa shape index (κ2) is 5.80. The fourth-order valence-electron chi connectivity index (χ4n) is 2.10. The largest absolute Gasteiger partial charge is 0.313 e. The molecule has 0 aliphatic carbocycles. The third-order valence-corrected chi connectivity index (χ3v) is 3.36. The fourth-order valence-corrected chi connectivity index (χ4v) is 2.10. The summed E-state index contributed by atoms with van der Waals surface area (Å²) < 4.78 is 0. The molecule has 2 rings (SSSR count). The zero-order valence-corrected chi connectivity index (χ0v) is 10.8. The minimum atomic E-state index is -0.0265. The molecule has 0 aliphatic heterocycles. The van der Waals surface area contributed by atoms with Gasteiger partial charge in [-0.15, -0.1) is 0 Å². The number of benzene rings is 2. The van der Waals surface area contributed by atoms with Crippen LogP contribution in [-0.2, 0) is 0 Å². The molecule has 0 fully saturated rings. The number of nitrogens with zero attached hydrogens (tertiary/aromatic N) is 1. The van der Waals surface area contributed by atoms with Crippen LogP contribution in [0.4, 0.5) is 0 Å². The van der Waals surface area contributed by atoms with Gasteiger partial charge in [0.1, 0.15) is 0 Å². The fraction of sp³-hybridized carbons (Fsp3) is 0.250. The molecule has 0 saturated carbocycles. The van der Waals surface area contributed by atoms with Crippen LogP contribution in [0.2, 0.25) is 0 Å². The van der Waals surface area contributed by atoms with Crippen LogP contribution in [0.1, 0.15) is 37.1 Å². The lowest BCUT2D eigenvalue weighted by atomic mass is 10.0. The highest BCUT2D eigenvalue weighted by Gasteiger charge is 2.20. The molecule has 2 atom stereocenters. The molecule has 94 valence electrons. The maximum Gasteiger partial charge on any atom is 0.0578 e. The van der Waals surface area contributed by atoms with Gasteiger partial charge in [-0.05, 0) is 25.0 Å². The summed E-state index contributed by atoms with van der Waals surface area (Å²) in [6.07, 6.45) is 0. The van der Waals surface area contributed by atoms with Gasteiger partial charge in [-0.25, -0.2) is 0 Å². The molecule has 0 amide bonds. The van der Waals surface area contributed by atoms with Gasteiger partial charge in [0.05, 0.1) is 12.1 Å². The minimum Gasteiger partial charge on any atom is -0.313 e. The lowest BCUT2D eigenvalue weighted by molar-refractivity contribution is -0.155. The van der Waals surface area contributed by atoms with Crippen molar-refractivity contribution in [3.05, 3.63) is 71.8 Å². The highest BCUT2D eigenvalue weighted by molar-refractivity contribution is 5.21. The Morgan fingerprint density at radius 3 is 1.39 bits per heavy atom. The van der Waals surface area contributed by atoms with Crippen LogP contribution in [0, 0.1) is 0 Å². The Balaban J connectivity index is 2.14.